The molecule has 3 aromatic carbocycles. The first-order chi connectivity index (χ1) is 16.3. The number of pyridine rings is 1. The van der Waals surface area contributed by atoms with Crippen molar-refractivity contribution >= 4 is 20.7 Å². The average molecular weight is 480 g/mol. The van der Waals surface area contributed by atoms with Gasteiger partial charge in [0.15, 0.2) is 11.5 Å². The van der Waals surface area contributed by atoms with Crippen LogP contribution < -0.4 is 19.6 Å². The normalized spacial score (nSPS) is 11.4. The van der Waals surface area contributed by atoms with Crippen LogP contribution in [-0.4, -0.2) is 34.3 Å². The topological polar surface area (TPSA) is 83.8 Å². The second-order valence-corrected chi connectivity index (χ2v) is 9.70. The molecule has 0 amide bonds. The van der Waals surface area contributed by atoms with Gasteiger partial charge in [0.1, 0.15) is 10.6 Å². The summed E-state index contributed by atoms with van der Waals surface area (Å²) >= 11 is 0. The fourth-order valence-electron chi connectivity index (χ4n) is 3.87. The first kappa shape index (κ1) is 23.4. The van der Waals surface area contributed by atoms with Gasteiger partial charge in [-0.2, -0.15) is 0 Å². The van der Waals surface area contributed by atoms with Crippen LogP contribution in [-0.2, 0) is 16.4 Å². The number of aryl methyl sites for hydroxylation is 1. The number of methoxy groups -OCH3 is 3. The quantitative estimate of drug-likeness (QED) is 0.395. The van der Waals surface area contributed by atoms with Crippen molar-refractivity contribution < 1.29 is 22.6 Å². The molecule has 0 atom stereocenters. The number of fused-ring (bicyclic) bond motifs is 1. The van der Waals surface area contributed by atoms with Crippen molar-refractivity contribution in [1.82, 2.24) is 4.57 Å². The summed E-state index contributed by atoms with van der Waals surface area (Å²) in [5.74, 6) is 1.30. The lowest BCUT2D eigenvalue weighted by molar-refractivity contribution is 0.355. The summed E-state index contributed by atoms with van der Waals surface area (Å²) in [6.45, 7) is 2.35. The smallest absolute Gasteiger partial charge is 0.211 e. The molecule has 0 N–H and O–H groups in total. The van der Waals surface area contributed by atoms with Crippen LogP contribution in [0, 0.1) is 6.92 Å². The van der Waals surface area contributed by atoms with E-state index in [-0.39, 0.29) is 15.2 Å². The number of hydrogen-bond donors (Lipinski definition) is 0. The molecule has 0 aliphatic heterocycles. The van der Waals surface area contributed by atoms with Crippen molar-refractivity contribution in [2.24, 2.45) is 0 Å². The van der Waals surface area contributed by atoms with Gasteiger partial charge in [-0.15, -0.1) is 0 Å². The molecule has 0 unspecified atom stereocenters. The molecule has 0 saturated carbocycles. The Balaban J connectivity index is 2.01. The summed E-state index contributed by atoms with van der Waals surface area (Å²) in [5, 5.41) is 0.223. The SMILES string of the molecule is COc1ccc(S(=O)(=O)c2cn(Cc3ccccc3C)c3cc(OC)c(OC)cc3c2=O)cc1. The van der Waals surface area contributed by atoms with Crippen LogP contribution in [0.4, 0.5) is 0 Å². The number of sulfone groups is 1. The molecule has 1 heterocycles. The van der Waals surface area contributed by atoms with Gasteiger partial charge in [0.05, 0.1) is 37.1 Å². The third-order valence-electron chi connectivity index (χ3n) is 5.81. The molecule has 0 fully saturated rings. The Morgan fingerprint density at radius 1 is 0.853 bits per heavy atom. The van der Waals surface area contributed by atoms with Gasteiger partial charge in [-0.3, -0.25) is 4.79 Å². The number of benzene rings is 3. The maximum atomic E-state index is 13.5. The summed E-state index contributed by atoms with van der Waals surface area (Å²) in [5.41, 5.74) is 1.98. The van der Waals surface area contributed by atoms with E-state index in [9.17, 15) is 13.2 Å². The molecule has 7 nitrogen and oxygen atoms in total. The fraction of sp³-hybridized carbons (Fsp3) is 0.192. The van der Waals surface area contributed by atoms with Crippen molar-refractivity contribution in [1.29, 1.82) is 0 Å². The van der Waals surface area contributed by atoms with Gasteiger partial charge in [-0.05, 0) is 48.4 Å². The highest BCUT2D eigenvalue weighted by Gasteiger charge is 2.25. The van der Waals surface area contributed by atoms with E-state index in [2.05, 4.69) is 0 Å². The Labute approximate surface area is 198 Å². The van der Waals surface area contributed by atoms with Gasteiger partial charge in [0.25, 0.3) is 0 Å². The highest BCUT2D eigenvalue weighted by molar-refractivity contribution is 7.91. The van der Waals surface area contributed by atoms with E-state index in [1.807, 2.05) is 31.2 Å². The molecule has 1 aromatic heterocycles. The van der Waals surface area contributed by atoms with Gasteiger partial charge in [-0.1, -0.05) is 24.3 Å². The van der Waals surface area contributed by atoms with E-state index >= 15 is 0 Å². The lowest BCUT2D eigenvalue weighted by Crippen LogP contribution is -2.20. The van der Waals surface area contributed by atoms with Gasteiger partial charge < -0.3 is 18.8 Å². The summed E-state index contributed by atoms with van der Waals surface area (Å²) in [7, 11) is 0.367. The van der Waals surface area contributed by atoms with Crippen molar-refractivity contribution in [3.63, 3.8) is 0 Å². The van der Waals surface area contributed by atoms with E-state index in [4.69, 9.17) is 14.2 Å². The minimum atomic E-state index is -4.11. The monoisotopic (exact) mass is 479 g/mol. The molecular weight excluding hydrogens is 454 g/mol. The number of ether oxygens (including phenoxy) is 3. The van der Waals surface area contributed by atoms with Crippen molar-refractivity contribution in [2.45, 2.75) is 23.3 Å². The average Bonchev–Trinajstić information content (AvgIpc) is 2.86. The van der Waals surface area contributed by atoms with Crippen molar-refractivity contribution in [3.8, 4) is 17.2 Å². The van der Waals surface area contributed by atoms with E-state index < -0.39 is 15.3 Å². The van der Waals surface area contributed by atoms with Crippen LogP contribution in [0.2, 0.25) is 0 Å². The minimum absolute atomic E-state index is 0.00710. The summed E-state index contributed by atoms with van der Waals surface area (Å²) < 4.78 is 44.8. The maximum Gasteiger partial charge on any atom is 0.211 e. The Bertz CT molecular complexity index is 1520. The Kier molecular flexibility index (Phi) is 6.34. The van der Waals surface area contributed by atoms with Gasteiger partial charge >= 0.3 is 0 Å². The molecule has 0 aliphatic carbocycles. The zero-order chi connectivity index (χ0) is 24.5. The molecular formula is C26H25NO6S. The minimum Gasteiger partial charge on any atom is -0.497 e. The van der Waals surface area contributed by atoms with Crippen LogP contribution in [0.5, 0.6) is 17.2 Å². The first-order valence-corrected chi connectivity index (χ1v) is 12.0. The molecule has 0 bridgehead atoms. The van der Waals surface area contributed by atoms with Crippen molar-refractivity contribution in [3.05, 3.63) is 88.2 Å². The highest BCUT2D eigenvalue weighted by atomic mass is 32.2. The largest absolute Gasteiger partial charge is 0.497 e. The molecule has 8 heteroatoms. The standard InChI is InChI=1S/C26H25NO6S/c1-17-7-5-6-8-18(17)15-27-16-25(34(29,30)20-11-9-19(31-2)10-12-20)26(28)21-13-23(32-3)24(33-4)14-22(21)27/h5-14,16H,15H2,1-4H3. The fourth-order valence-corrected chi connectivity index (χ4v) is 5.23. The molecule has 0 radical (unpaired) electrons. The van der Waals surface area contributed by atoms with Crippen molar-refractivity contribution in [2.75, 3.05) is 21.3 Å². The van der Waals surface area contributed by atoms with Gasteiger partial charge in [-0.25, -0.2) is 8.42 Å². The number of aromatic nitrogens is 1. The van der Waals surface area contributed by atoms with E-state index in [1.165, 1.54) is 45.7 Å². The van der Waals surface area contributed by atoms with Crippen LogP contribution in [0.25, 0.3) is 10.9 Å². The van der Waals surface area contributed by atoms with Gasteiger partial charge in [0.2, 0.25) is 15.3 Å². The lowest BCUT2D eigenvalue weighted by atomic mass is 10.1. The van der Waals surface area contributed by atoms with E-state index in [0.717, 1.165) is 11.1 Å². The summed E-state index contributed by atoms with van der Waals surface area (Å²) in [6.07, 6.45) is 1.41. The highest BCUT2D eigenvalue weighted by Crippen LogP contribution is 2.32. The Hall–Kier alpha value is -3.78. The molecule has 0 saturated heterocycles. The summed E-state index contributed by atoms with van der Waals surface area (Å²) in [4.78, 5) is 13.2. The zero-order valence-electron chi connectivity index (χ0n) is 19.4. The third kappa shape index (κ3) is 4.12. The first-order valence-electron chi connectivity index (χ1n) is 10.5. The van der Waals surface area contributed by atoms with Crippen LogP contribution in [0.1, 0.15) is 11.1 Å². The zero-order valence-corrected chi connectivity index (χ0v) is 20.2. The van der Waals surface area contributed by atoms with Crippen LogP contribution in [0.3, 0.4) is 0 Å². The second-order valence-electron chi connectivity index (χ2n) is 7.78. The molecule has 0 spiro atoms. The number of hydrogen-bond acceptors (Lipinski definition) is 6. The lowest BCUT2D eigenvalue weighted by Gasteiger charge is -2.17. The number of nitrogens with zero attached hydrogens (tertiary/aromatic N) is 1. The summed E-state index contributed by atoms with van der Waals surface area (Å²) in [6, 6.07) is 17.0. The van der Waals surface area contributed by atoms with Gasteiger partial charge in [0, 0.05) is 18.8 Å². The predicted octanol–water partition coefficient (Wildman–Crippen LogP) is 4.22. The Morgan fingerprint density at radius 2 is 1.50 bits per heavy atom. The molecule has 34 heavy (non-hydrogen) atoms. The molecule has 4 rings (SSSR count). The number of rotatable bonds is 7. The van der Waals surface area contributed by atoms with Crippen LogP contribution >= 0.6 is 0 Å². The maximum absolute atomic E-state index is 13.5. The van der Waals surface area contributed by atoms with E-state index in [0.29, 0.717) is 29.3 Å². The molecule has 176 valence electrons. The third-order valence-corrected chi connectivity index (χ3v) is 7.58. The van der Waals surface area contributed by atoms with Crippen LogP contribution in [0.15, 0.2) is 81.4 Å². The van der Waals surface area contributed by atoms with E-state index in [1.54, 1.807) is 22.8 Å². The Morgan fingerprint density at radius 3 is 2.12 bits per heavy atom. The molecule has 4 aromatic rings. The predicted molar refractivity (Wildman–Crippen MR) is 130 cm³/mol. The second kappa shape index (κ2) is 9.23. The molecule has 0 aliphatic rings.